The number of carbonyl (C=O) groups excluding carboxylic acids is 2. The molecule has 0 saturated carbocycles. The van der Waals surface area contributed by atoms with Crippen molar-refractivity contribution in [2.24, 2.45) is 0 Å². The number of rotatable bonds is 8. The Morgan fingerprint density at radius 1 is 0.794 bits per heavy atom. The summed E-state index contributed by atoms with van der Waals surface area (Å²) in [5.74, 6) is -7.82. The van der Waals surface area contributed by atoms with Crippen molar-refractivity contribution in [2.75, 3.05) is 14.2 Å². The van der Waals surface area contributed by atoms with Crippen molar-refractivity contribution in [3.8, 4) is 16.9 Å². The van der Waals surface area contributed by atoms with Gasteiger partial charge in [0.2, 0.25) is 0 Å². The zero-order valence-electron chi connectivity index (χ0n) is 18.9. The third-order valence-corrected chi connectivity index (χ3v) is 5.29. The maximum atomic E-state index is 13.8. The Hall–Kier alpha value is -3.81. The standard InChI is InChI=1S/C26H23F3O5/c1-4-5-16-6-8-17(9-7-16)18-10-12-19(13-11-18)26(24(30)32-2,25(31)33-3)34-20-14-21(27)23(29)22(28)15-20/h6-15H,4-5H2,1-3H3. The summed E-state index contributed by atoms with van der Waals surface area (Å²) >= 11 is 0. The number of hydrogen-bond donors (Lipinski definition) is 0. The predicted molar refractivity (Wildman–Crippen MR) is 119 cm³/mol. The maximum absolute atomic E-state index is 13.8. The van der Waals surface area contributed by atoms with Crippen LogP contribution in [0.2, 0.25) is 0 Å². The van der Waals surface area contributed by atoms with Crippen LogP contribution in [-0.2, 0) is 31.1 Å². The van der Waals surface area contributed by atoms with Crippen molar-refractivity contribution in [1.29, 1.82) is 0 Å². The Balaban J connectivity index is 2.07. The normalized spacial score (nSPS) is 11.1. The lowest BCUT2D eigenvalue weighted by Crippen LogP contribution is -2.50. The molecule has 0 N–H and O–H groups in total. The van der Waals surface area contributed by atoms with Gasteiger partial charge in [0.25, 0.3) is 0 Å². The Labute approximate surface area is 195 Å². The molecule has 0 aliphatic rings. The molecule has 0 atom stereocenters. The summed E-state index contributed by atoms with van der Waals surface area (Å²) < 4.78 is 56.0. The smallest absolute Gasteiger partial charge is 0.367 e. The molecule has 0 amide bonds. The molecule has 0 fully saturated rings. The van der Waals surface area contributed by atoms with Crippen molar-refractivity contribution >= 4 is 11.9 Å². The van der Waals surface area contributed by atoms with Gasteiger partial charge in [0.1, 0.15) is 5.75 Å². The van der Waals surface area contributed by atoms with E-state index in [1.54, 1.807) is 12.1 Å². The Morgan fingerprint density at radius 2 is 1.26 bits per heavy atom. The van der Waals surface area contributed by atoms with Crippen molar-refractivity contribution in [1.82, 2.24) is 0 Å². The minimum atomic E-state index is -2.55. The lowest BCUT2D eigenvalue weighted by molar-refractivity contribution is -0.178. The third-order valence-electron chi connectivity index (χ3n) is 5.29. The van der Waals surface area contributed by atoms with E-state index in [-0.39, 0.29) is 5.56 Å². The number of benzene rings is 3. The van der Waals surface area contributed by atoms with E-state index in [1.165, 1.54) is 17.7 Å². The molecule has 0 spiro atoms. The van der Waals surface area contributed by atoms with Gasteiger partial charge < -0.3 is 14.2 Å². The lowest BCUT2D eigenvalue weighted by Gasteiger charge is -2.29. The summed E-state index contributed by atoms with van der Waals surface area (Å²) in [6.07, 6.45) is 1.99. The summed E-state index contributed by atoms with van der Waals surface area (Å²) in [7, 11) is 2.03. The average molecular weight is 472 g/mol. The predicted octanol–water partition coefficient (Wildman–Crippen LogP) is 5.34. The topological polar surface area (TPSA) is 61.8 Å². The monoisotopic (exact) mass is 472 g/mol. The molecule has 3 rings (SSSR count). The number of esters is 2. The molecule has 3 aromatic rings. The second kappa shape index (κ2) is 10.4. The number of ether oxygens (including phenoxy) is 3. The highest BCUT2D eigenvalue weighted by atomic mass is 19.2. The van der Waals surface area contributed by atoms with E-state index in [9.17, 15) is 22.8 Å². The van der Waals surface area contributed by atoms with E-state index in [0.29, 0.717) is 12.1 Å². The van der Waals surface area contributed by atoms with Gasteiger partial charge in [-0.25, -0.2) is 22.8 Å². The Morgan fingerprint density at radius 3 is 1.71 bits per heavy atom. The first kappa shape index (κ1) is 24.8. The van der Waals surface area contributed by atoms with Crippen LogP contribution >= 0.6 is 0 Å². The largest absolute Gasteiger partial charge is 0.465 e. The number of methoxy groups -OCH3 is 2. The van der Waals surface area contributed by atoms with Crippen molar-refractivity contribution < 1.29 is 37.0 Å². The van der Waals surface area contributed by atoms with Gasteiger partial charge in [-0.05, 0) is 23.1 Å². The van der Waals surface area contributed by atoms with E-state index in [0.717, 1.165) is 38.2 Å². The molecule has 0 aliphatic carbocycles. The molecule has 34 heavy (non-hydrogen) atoms. The van der Waals surface area contributed by atoms with Crippen LogP contribution in [0, 0.1) is 17.5 Å². The van der Waals surface area contributed by atoms with Gasteiger partial charge >= 0.3 is 17.5 Å². The first-order chi connectivity index (χ1) is 16.3. The zero-order valence-corrected chi connectivity index (χ0v) is 18.9. The second-order valence-corrected chi connectivity index (χ2v) is 7.49. The quantitative estimate of drug-likeness (QED) is 0.252. The van der Waals surface area contributed by atoms with Gasteiger partial charge in [0.15, 0.2) is 17.5 Å². The van der Waals surface area contributed by atoms with E-state index >= 15 is 0 Å². The number of hydrogen-bond acceptors (Lipinski definition) is 5. The minimum Gasteiger partial charge on any atom is -0.465 e. The highest BCUT2D eigenvalue weighted by molar-refractivity contribution is 6.05. The fourth-order valence-corrected chi connectivity index (χ4v) is 3.57. The SMILES string of the molecule is CCCc1ccc(-c2ccc(C(Oc3cc(F)c(F)c(F)c3)(C(=O)OC)C(=O)OC)cc2)cc1. The van der Waals surface area contributed by atoms with Gasteiger partial charge in [0.05, 0.1) is 14.2 Å². The highest BCUT2D eigenvalue weighted by Crippen LogP contribution is 2.34. The number of halogens is 3. The average Bonchev–Trinajstić information content (AvgIpc) is 2.85. The maximum Gasteiger partial charge on any atom is 0.367 e. The summed E-state index contributed by atoms with van der Waals surface area (Å²) in [6, 6.07) is 15.2. The highest BCUT2D eigenvalue weighted by Gasteiger charge is 2.53. The van der Waals surface area contributed by atoms with Gasteiger partial charge in [-0.1, -0.05) is 61.9 Å². The fourth-order valence-electron chi connectivity index (χ4n) is 3.57. The second-order valence-electron chi connectivity index (χ2n) is 7.49. The number of carbonyl (C=O) groups is 2. The van der Waals surface area contributed by atoms with Crippen LogP contribution in [0.15, 0.2) is 60.7 Å². The van der Waals surface area contributed by atoms with Crippen LogP contribution in [0.4, 0.5) is 13.2 Å². The molecule has 3 aromatic carbocycles. The van der Waals surface area contributed by atoms with Crippen LogP contribution in [0.5, 0.6) is 5.75 Å². The molecule has 0 aliphatic heterocycles. The van der Waals surface area contributed by atoms with Crippen LogP contribution < -0.4 is 4.74 Å². The molecule has 178 valence electrons. The van der Waals surface area contributed by atoms with E-state index in [2.05, 4.69) is 6.92 Å². The zero-order chi connectivity index (χ0) is 24.9. The van der Waals surface area contributed by atoms with Gasteiger partial charge in [-0.15, -0.1) is 0 Å². The van der Waals surface area contributed by atoms with Gasteiger partial charge in [0, 0.05) is 17.7 Å². The summed E-state index contributed by atoms with van der Waals surface area (Å²) in [5.41, 5.74) is 0.322. The van der Waals surface area contributed by atoms with Gasteiger partial charge in [-0.2, -0.15) is 0 Å². The first-order valence-corrected chi connectivity index (χ1v) is 10.5. The molecular weight excluding hydrogens is 449 g/mol. The minimum absolute atomic E-state index is 0.0114. The van der Waals surface area contributed by atoms with Crippen molar-refractivity contribution in [3.05, 3.63) is 89.2 Å². The molecule has 8 heteroatoms. The molecular formula is C26H23F3O5. The summed E-state index contributed by atoms with van der Waals surface area (Å²) in [6.45, 7) is 2.10. The Bertz CT molecular complexity index is 1140. The molecule has 0 unspecified atom stereocenters. The molecule has 0 saturated heterocycles. The molecule has 0 heterocycles. The van der Waals surface area contributed by atoms with E-state index in [1.807, 2.05) is 24.3 Å². The Kier molecular flexibility index (Phi) is 7.61. The third kappa shape index (κ3) is 4.76. The summed E-state index contributed by atoms with van der Waals surface area (Å²) in [5, 5.41) is 0. The number of aryl methyl sites for hydroxylation is 1. The van der Waals surface area contributed by atoms with Crippen LogP contribution in [0.1, 0.15) is 24.5 Å². The summed E-state index contributed by atoms with van der Waals surface area (Å²) in [4.78, 5) is 25.6. The van der Waals surface area contributed by atoms with Crippen molar-refractivity contribution in [3.63, 3.8) is 0 Å². The lowest BCUT2D eigenvalue weighted by atomic mass is 9.91. The van der Waals surface area contributed by atoms with E-state index < -0.39 is 40.7 Å². The van der Waals surface area contributed by atoms with Gasteiger partial charge in [-0.3, -0.25) is 0 Å². The molecule has 0 aromatic heterocycles. The molecule has 0 bridgehead atoms. The fraction of sp³-hybridized carbons (Fsp3) is 0.231. The molecule has 0 radical (unpaired) electrons. The van der Waals surface area contributed by atoms with Crippen LogP contribution in [-0.4, -0.2) is 26.2 Å². The van der Waals surface area contributed by atoms with E-state index in [4.69, 9.17) is 14.2 Å². The first-order valence-electron chi connectivity index (χ1n) is 10.5. The van der Waals surface area contributed by atoms with Crippen molar-refractivity contribution in [2.45, 2.75) is 25.4 Å². The van der Waals surface area contributed by atoms with Crippen LogP contribution in [0.3, 0.4) is 0 Å². The molecule has 5 nitrogen and oxygen atoms in total. The van der Waals surface area contributed by atoms with Crippen LogP contribution in [0.25, 0.3) is 11.1 Å².